The fourth-order valence-corrected chi connectivity index (χ4v) is 4.42. The van der Waals surface area contributed by atoms with Crippen LogP contribution in [0.3, 0.4) is 0 Å². The van der Waals surface area contributed by atoms with Crippen LogP contribution in [0.1, 0.15) is 6.42 Å². The minimum absolute atomic E-state index is 0.0446. The maximum atomic E-state index is 9.25. The Labute approximate surface area is 175 Å². The third-order valence-corrected chi connectivity index (χ3v) is 6.47. The van der Waals surface area contributed by atoms with E-state index < -0.39 is 8.80 Å². The fourth-order valence-electron chi connectivity index (χ4n) is 3.77. The van der Waals surface area contributed by atoms with Gasteiger partial charge in [0.25, 0.3) is 0 Å². The summed E-state index contributed by atoms with van der Waals surface area (Å²) in [4.78, 5) is 27.8. The van der Waals surface area contributed by atoms with E-state index in [4.69, 9.17) is 5.73 Å². The number of hydrogen-bond donors (Lipinski definition) is 11. The predicted molar refractivity (Wildman–Crippen MR) is 117 cm³/mol. The molecule has 3 saturated heterocycles. The van der Waals surface area contributed by atoms with Gasteiger partial charge in [0.1, 0.15) is 0 Å². The molecule has 3 fully saturated rings. The topological polar surface area (TPSA) is 171 Å². The lowest BCUT2D eigenvalue weighted by Gasteiger charge is -2.38. The van der Waals surface area contributed by atoms with Gasteiger partial charge < -0.3 is 57.3 Å². The number of rotatable bonds is 5. The Bertz CT molecular complexity index is 411. The monoisotopic (exact) mass is 434 g/mol. The molecule has 0 aliphatic carbocycles. The summed E-state index contributed by atoms with van der Waals surface area (Å²) in [5.74, 6) is 0. The highest BCUT2D eigenvalue weighted by molar-refractivity contribution is 6.56. The van der Waals surface area contributed by atoms with Gasteiger partial charge in [-0.05, 0) is 13.0 Å². The molecule has 0 aromatic rings. The van der Waals surface area contributed by atoms with E-state index >= 15 is 0 Å². The molecule has 3 heterocycles. The van der Waals surface area contributed by atoms with Crippen molar-refractivity contribution < 1.29 is 14.4 Å². The molecular formula is C17H42N8O3Si. The molecule has 0 aromatic carbocycles. The second-order valence-corrected chi connectivity index (χ2v) is 10.6. The van der Waals surface area contributed by atoms with Crippen molar-refractivity contribution in [2.45, 2.75) is 23.5 Å². The Morgan fingerprint density at radius 3 is 1.45 bits per heavy atom. The molecule has 0 unspecified atom stereocenters. The second kappa shape index (κ2) is 12.6. The smallest absolute Gasteiger partial charge is 0.390 e. The van der Waals surface area contributed by atoms with Crippen molar-refractivity contribution >= 4 is 8.80 Å². The van der Waals surface area contributed by atoms with Gasteiger partial charge in [-0.2, -0.15) is 0 Å². The van der Waals surface area contributed by atoms with Gasteiger partial charge >= 0.3 is 8.80 Å². The molecule has 0 spiro atoms. The van der Waals surface area contributed by atoms with Gasteiger partial charge in [0.05, 0.1) is 11.1 Å². The van der Waals surface area contributed by atoms with Crippen LogP contribution >= 0.6 is 0 Å². The summed E-state index contributed by atoms with van der Waals surface area (Å²) in [6.45, 7) is 10.1. The van der Waals surface area contributed by atoms with Gasteiger partial charge in [0, 0.05) is 84.6 Å². The summed E-state index contributed by atoms with van der Waals surface area (Å²) in [6.07, 6.45) is 0.515. The zero-order chi connectivity index (χ0) is 21.1. The molecule has 0 amide bonds. The molecule has 29 heavy (non-hydrogen) atoms. The van der Waals surface area contributed by atoms with E-state index in [0.717, 1.165) is 78.5 Å². The zero-order valence-corrected chi connectivity index (χ0v) is 18.5. The van der Waals surface area contributed by atoms with Crippen molar-refractivity contribution in [3.05, 3.63) is 0 Å². The zero-order valence-electron chi connectivity index (χ0n) is 17.5. The second-order valence-electron chi connectivity index (χ2n) is 8.51. The van der Waals surface area contributed by atoms with Crippen molar-refractivity contribution in [3.63, 3.8) is 0 Å². The summed E-state index contributed by atoms with van der Waals surface area (Å²) < 4.78 is 0. The van der Waals surface area contributed by atoms with Gasteiger partial charge in [0.15, 0.2) is 0 Å². The van der Waals surface area contributed by atoms with E-state index in [1.807, 2.05) is 0 Å². The van der Waals surface area contributed by atoms with Crippen LogP contribution < -0.4 is 43.0 Å². The van der Waals surface area contributed by atoms with Gasteiger partial charge in [-0.25, -0.2) is 0 Å². The van der Waals surface area contributed by atoms with Crippen LogP contribution in [-0.2, 0) is 0 Å². The van der Waals surface area contributed by atoms with Gasteiger partial charge in [0.2, 0.25) is 0 Å². The Morgan fingerprint density at radius 1 is 0.690 bits per heavy atom. The van der Waals surface area contributed by atoms with Crippen LogP contribution in [0.5, 0.6) is 0 Å². The standard InChI is InChI=1S/C17H42N8O3Si/c18-16-10-19-3-6-22-13-17(14-23-7-4-20-11-16,15-24-8-5-21-12-16)25-2-1-9-29(26,27)28/h19-28H,1-15,18H2. The lowest BCUT2D eigenvalue weighted by Crippen LogP contribution is -2.66. The summed E-state index contributed by atoms with van der Waals surface area (Å²) in [5.41, 5.74) is 6.06. The molecule has 3 aliphatic rings. The molecular weight excluding hydrogens is 392 g/mol. The van der Waals surface area contributed by atoms with E-state index in [1.165, 1.54) is 0 Å². The number of nitrogens with two attached hydrogens (primary N) is 1. The van der Waals surface area contributed by atoms with Crippen LogP contribution in [0, 0.1) is 0 Å². The Kier molecular flexibility index (Phi) is 10.9. The third-order valence-electron chi connectivity index (χ3n) is 5.45. The highest BCUT2D eigenvalue weighted by Gasteiger charge is 2.31. The minimum Gasteiger partial charge on any atom is -0.390 e. The molecule has 12 N–H and O–H groups in total. The lowest BCUT2D eigenvalue weighted by molar-refractivity contribution is 0.223. The average Bonchev–Trinajstić information content (AvgIpc) is 2.66. The number of nitrogens with one attached hydrogen (secondary N) is 7. The molecule has 0 atom stereocenters. The molecule has 2 bridgehead atoms. The van der Waals surface area contributed by atoms with E-state index in [-0.39, 0.29) is 17.1 Å². The van der Waals surface area contributed by atoms with Crippen LogP contribution in [0.2, 0.25) is 6.04 Å². The van der Waals surface area contributed by atoms with E-state index in [2.05, 4.69) is 37.2 Å². The first kappa shape index (κ1) is 25.0. The van der Waals surface area contributed by atoms with E-state index in [0.29, 0.717) is 13.0 Å². The molecule has 172 valence electrons. The normalized spacial score (nSPS) is 31.9. The van der Waals surface area contributed by atoms with E-state index in [9.17, 15) is 14.4 Å². The Hall–Kier alpha value is -0.223. The largest absolute Gasteiger partial charge is 0.492 e. The molecule has 0 saturated carbocycles. The molecule has 0 aromatic heterocycles. The van der Waals surface area contributed by atoms with Crippen molar-refractivity contribution in [3.8, 4) is 0 Å². The maximum Gasteiger partial charge on any atom is 0.492 e. The summed E-state index contributed by atoms with van der Waals surface area (Å²) in [7, 11) is -3.98. The number of fused-ring (bicyclic) bond motifs is 15. The maximum absolute atomic E-state index is 9.25. The predicted octanol–water partition coefficient (Wildman–Crippen LogP) is -5.12. The first-order chi connectivity index (χ1) is 13.8. The molecule has 12 heteroatoms. The fraction of sp³-hybridized carbons (Fsp3) is 1.00. The molecule has 3 aliphatic heterocycles. The van der Waals surface area contributed by atoms with Crippen LogP contribution in [-0.4, -0.2) is 119 Å². The minimum atomic E-state index is -3.98. The first-order valence-electron chi connectivity index (χ1n) is 10.8. The first-order valence-corrected chi connectivity index (χ1v) is 12.8. The molecule has 11 nitrogen and oxygen atoms in total. The highest BCUT2D eigenvalue weighted by atomic mass is 28.4. The summed E-state index contributed by atoms with van der Waals surface area (Å²) in [5, 5.41) is 24.6. The van der Waals surface area contributed by atoms with Gasteiger partial charge in [-0.1, -0.05) is 0 Å². The van der Waals surface area contributed by atoms with Crippen LogP contribution in [0.25, 0.3) is 0 Å². The Balaban J connectivity index is 2.03. The van der Waals surface area contributed by atoms with Gasteiger partial charge in [-0.3, -0.25) is 0 Å². The highest BCUT2D eigenvalue weighted by Crippen LogP contribution is 2.06. The SMILES string of the molecule is NC12CNCCNCC(NCCC[Si](O)(O)O)(CNCCNC1)CNCCNC2. The lowest BCUT2D eigenvalue weighted by atomic mass is 9.97. The van der Waals surface area contributed by atoms with Crippen LogP contribution in [0.15, 0.2) is 0 Å². The van der Waals surface area contributed by atoms with E-state index in [1.54, 1.807) is 0 Å². The average molecular weight is 435 g/mol. The molecule has 3 rings (SSSR count). The van der Waals surface area contributed by atoms with Crippen molar-refractivity contribution in [1.82, 2.24) is 37.2 Å². The Morgan fingerprint density at radius 2 is 1.07 bits per heavy atom. The van der Waals surface area contributed by atoms with Gasteiger partial charge in [-0.15, -0.1) is 0 Å². The van der Waals surface area contributed by atoms with Crippen molar-refractivity contribution in [1.29, 1.82) is 0 Å². The van der Waals surface area contributed by atoms with Crippen molar-refractivity contribution in [2.24, 2.45) is 5.73 Å². The quantitative estimate of drug-likeness (QED) is 0.148. The summed E-state index contributed by atoms with van der Waals surface area (Å²) in [6, 6.07) is 0.0446. The van der Waals surface area contributed by atoms with Crippen LogP contribution in [0.4, 0.5) is 0 Å². The summed E-state index contributed by atoms with van der Waals surface area (Å²) >= 11 is 0. The van der Waals surface area contributed by atoms with Crippen molar-refractivity contribution in [2.75, 3.05) is 85.1 Å². The number of hydrogen-bond acceptors (Lipinski definition) is 11. The third kappa shape index (κ3) is 10.6. The molecule has 0 radical (unpaired) electrons.